The maximum absolute atomic E-state index is 8.87. The number of nitriles is 1. The Hall–Kier alpha value is -1.60. The van der Waals surface area contributed by atoms with Crippen LogP contribution in [0.25, 0.3) is 0 Å². The van der Waals surface area contributed by atoms with E-state index in [9.17, 15) is 0 Å². The van der Waals surface area contributed by atoms with Crippen molar-refractivity contribution in [1.82, 2.24) is 9.88 Å². The molecule has 1 aliphatic carbocycles. The van der Waals surface area contributed by atoms with Crippen molar-refractivity contribution in [3.05, 3.63) is 23.9 Å². The molecule has 0 radical (unpaired) electrons. The predicted octanol–water partition coefficient (Wildman–Crippen LogP) is 2.24. The fraction of sp³-hybridized carbons (Fsp3) is 0.571. The smallest absolute Gasteiger partial charge is 0.127 e. The standard InChI is InChI=1S/C14H20N4/c1-18(2)13-5-3-4-12(9-13)17-14-8-11(10-15)6-7-16-14/h6-8,12-13H,3-5,9H2,1-2H3,(H,16,17)/t12-,13+/m0/s1. The number of aromatic nitrogens is 1. The molecule has 0 aromatic carbocycles. The van der Waals surface area contributed by atoms with Gasteiger partial charge in [0, 0.05) is 18.3 Å². The molecule has 1 N–H and O–H groups in total. The molecule has 1 aromatic heterocycles. The zero-order valence-corrected chi connectivity index (χ0v) is 11.1. The average Bonchev–Trinajstić information content (AvgIpc) is 2.39. The van der Waals surface area contributed by atoms with E-state index >= 15 is 0 Å². The molecule has 1 heterocycles. The Labute approximate surface area is 109 Å². The van der Waals surface area contributed by atoms with Gasteiger partial charge < -0.3 is 10.2 Å². The molecule has 96 valence electrons. The average molecular weight is 244 g/mol. The normalized spacial score (nSPS) is 23.7. The lowest BCUT2D eigenvalue weighted by molar-refractivity contribution is 0.219. The molecule has 0 aliphatic heterocycles. The minimum Gasteiger partial charge on any atom is -0.367 e. The molecule has 0 spiro atoms. The van der Waals surface area contributed by atoms with E-state index in [4.69, 9.17) is 5.26 Å². The van der Waals surface area contributed by atoms with Gasteiger partial charge in [0.1, 0.15) is 5.82 Å². The maximum atomic E-state index is 8.87. The fourth-order valence-corrected chi connectivity index (χ4v) is 2.55. The van der Waals surface area contributed by atoms with Gasteiger partial charge in [-0.15, -0.1) is 0 Å². The van der Waals surface area contributed by atoms with Crippen LogP contribution in [0, 0.1) is 11.3 Å². The second kappa shape index (κ2) is 5.83. The van der Waals surface area contributed by atoms with Gasteiger partial charge in [-0.2, -0.15) is 5.26 Å². The van der Waals surface area contributed by atoms with Crippen molar-refractivity contribution in [3.8, 4) is 6.07 Å². The molecule has 1 saturated carbocycles. The Bertz CT molecular complexity index is 436. The monoisotopic (exact) mass is 244 g/mol. The Morgan fingerprint density at radius 1 is 1.44 bits per heavy atom. The highest BCUT2D eigenvalue weighted by molar-refractivity contribution is 5.43. The molecule has 0 amide bonds. The van der Waals surface area contributed by atoms with Crippen LogP contribution in [0.3, 0.4) is 0 Å². The molecule has 1 aliphatic rings. The van der Waals surface area contributed by atoms with E-state index in [1.807, 2.05) is 6.07 Å². The highest BCUT2D eigenvalue weighted by Crippen LogP contribution is 2.24. The number of rotatable bonds is 3. The van der Waals surface area contributed by atoms with Gasteiger partial charge in [-0.1, -0.05) is 0 Å². The van der Waals surface area contributed by atoms with Gasteiger partial charge in [0.15, 0.2) is 0 Å². The van der Waals surface area contributed by atoms with E-state index in [-0.39, 0.29) is 0 Å². The Balaban J connectivity index is 1.98. The lowest BCUT2D eigenvalue weighted by atomic mass is 9.90. The van der Waals surface area contributed by atoms with Crippen LogP contribution in [0.5, 0.6) is 0 Å². The van der Waals surface area contributed by atoms with Crippen molar-refractivity contribution < 1.29 is 0 Å². The lowest BCUT2D eigenvalue weighted by Gasteiger charge is -2.34. The Morgan fingerprint density at radius 3 is 3.00 bits per heavy atom. The lowest BCUT2D eigenvalue weighted by Crippen LogP contribution is -2.38. The molecule has 2 atom stereocenters. The van der Waals surface area contributed by atoms with Crippen LogP contribution in [0.4, 0.5) is 5.82 Å². The van der Waals surface area contributed by atoms with Crippen LogP contribution in [0.2, 0.25) is 0 Å². The molecule has 0 unspecified atom stereocenters. The van der Waals surface area contributed by atoms with Gasteiger partial charge in [-0.25, -0.2) is 4.98 Å². The van der Waals surface area contributed by atoms with Crippen LogP contribution >= 0.6 is 0 Å². The molecular formula is C14H20N4. The van der Waals surface area contributed by atoms with E-state index in [2.05, 4.69) is 35.4 Å². The third-order valence-electron chi connectivity index (χ3n) is 3.62. The fourth-order valence-electron chi connectivity index (χ4n) is 2.55. The van der Waals surface area contributed by atoms with Crippen molar-refractivity contribution >= 4 is 5.82 Å². The van der Waals surface area contributed by atoms with Crippen LogP contribution in [-0.2, 0) is 0 Å². The third kappa shape index (κ3) is 3.21. The van der Waals surface area contributed by atoms with E-state index in [0.29, 0.717) is 17.6 Å². The van der Waals surface area contributed by atoms with Gasteiger partial charge in [0.05, 0.1) is 11.6 Å². The number of pyridine rings is 1. The topological polar surface area (TPSA) is 52.0 Å². The zero-order valence-electron chi connectivity index (χ0n) is 11.1. The predicted molar refractivity (Wildman–Crippen MR) is 72.3 cm³/mol. The zero-order chi connectivity index (χ0) is 13.0. The molecule has 0 bridgehead atoms. The highest BCUT2D eigenvalue weighted by atomic mass is 15.1. The van der Waals surface area contributed by atoms with Gasteiger partial charge in [0.2, 0.25) is 0 Å². The summed E-state index contributed by atoms with van der Waals surface area (Å²) >= 11 is 0. The van der Waals surface area contributed by atoms with Gasteiger partial charge in [0.25, 0.3) is 0 Å². The molecule has 0 saturated heterocycles. The summed E-state index contributed by atoms with van der Waals surface area (Å²) in [5, 5.41) is 12.3. The summed E-state index contributed by atoms with van der Waals surface area (Å²) in [6, 6.07) is 6.81. The molecule has 4 heteroatoms. The number of nitrogens with one attached hydrogen (secondary N) is 1. The second-order valence-electron chi connectivity index (χ2n) is 5.17. The molecule has 1 fully saturated rings. The first kappa shape index (κ1) is 12.8. The van der Waals surface area contributed by atoms with Gasteiger partial charge >= 0.3 is 0 Å². The first-order valence-electron chi connectivity index (χ1n) is 6.48. The van der Waals surface area contributed by atoms with Crippen LogP contribution < -0.4 is 5.32 Å². The van der Waals surface area contributed by atoms with Crippen molar-refractivity contribution in [2.24, 2.45) is 0 Å². The minimum atomic E-state index is 0.465. The highest BCUT2D eigenvalue weighted by Gasteiger charge is 2.23. The summed E-state index contributed by atoms with van der Waals surface area (Å²) in [6.07, 6.45) is 6.54. The summed E-state index contributed by atoms with van der Waals surface area (Å²) < 4.78 is 0. The van der Waals surface area contributed by atoms with Crippen LogP contribution in [-0.4, -0.2) is 36.1 Å². The molecule has 2 rings (SSSR count). The number of hydrogen-bond acceptors (Lipinski definition) is 4. The second-order valence-corrected chi connectivity index (χ2v) is 5.17. The third-order valence-corrected chi connectivity index (χ3v) is 3.62. The number of nitrogens with zero attached hydrogens (tertiary/aromatic N) is 3. The van der Waals surface area contributed by atoms with Gasteiger partial charge in [-0.3, -0.25) is 0 Å². The first-order valence-corrected chi connectivity index (χ1v) is 6.48. The Kier molecular flexibility index (Phi) is 4.16. The Morgan fingerprint density at radius 2 is 2.28 bits per heavy atom. The van der Waals surface area contributed by atoms with Crippen LogP contribution in [0.15, 0.2) is 18.3 Å². The molecular weight excluding hydrogens is 224 g/mol. The summed E-state index contributed by atoms with van der Waals surface area (Å²) in [4.78, 5) is 6.57. The molecule has 1 aromatic rings. The van der Waals surface area contributed by atoms with E-state index in [0.717, 1.165) is 12.2 Å². The number of hydrogen-bond donors (Lipinski definition) is 1. The quantitative estimate of drug-likeness (QED) is 0.886. The number of anilines is 1. The van der Waals surface area contributed by atoms with Crippen molar-refractivity contribution in [1.29, 1.82) is 5.26 Å². The summed E-state index contributed by atoms with van der Waals surface area (Å²) in [6.45, 7) is 0. The molecule has 4 nitrogen and oxygen atoms in total. The maximum Gasteiger partial charge on any atom is 0.127 e. The van der Waals surface area contributed by atoms with Crippen molar-refractivity contribution in [2.45, 2.75) is 37.8 Å². The largest absolute Gasteiger partial charge is 0.367 e. The first-order chi connectivity index (χ1) is 8.69. The molecule has 18 heavy (non-hydrogen) atoms. The van der Waals surface area contributed by atoms with E-state index in [1.165, 1.54) is 19.3 Å². The summed E-state index contributed by atoms with van der Waals surface area (Å²) in [5.74, 6) is 0.818. The van der Waals surface area contributed by atoms with Crippen LogP contribution in [0.1, 0.15) is 31.2 Å². The van der Waals surface area contributed by atoms with Gasteiger partial charge in [-0.05, 0) is 51.9 Å². The van der Waals surface area contributed by atoms with Crippen molar-refractivity contribution in [3.63, 3.8) is 0 Å². The summed E-state index contributed by atoms with van der Waals surface area (Å²) in [7, 11) is 4.28. The van der Waals surface area contributed by atoms with E-state index in [1.54, 1.807) is 12.3 Å². The van der Waals surface area contributed by atoms with E-state index < -0.39 is 0 Å². The minimum absolute atomic E-state index is 0.465. The summed E-state index contributed by atoms with van der Waals surface area (Å²) in [5.41, 5.74) is 0.660. The SMILES string of the molecule is CN(C)[C@@H]1CCC[C@H](Nc2cc(C#N)ccn2)C1. The van der Waals surface area contributed by atoms with Crippen molar-refractivity contribution in [2.75, 3.05) is 19.4 Å².